The fourth-order valence-electron chi connectivity index (χ4n) is 1.48. The zero-order chi connectivity index (χ0) is 10.7. The smallest absolute Gasteiger partial charge is 0.138 e. The van der Waals surface area contributed by atoms with Gasteiger partial charge < -0.3 is 0 Å². The largest absolute Gasteiger partial charge is 0.300 e. The first-order valence-corrected chi connectivity index (χ1v) is 4.69. The highest BCUT2D eigenvalue weighted by molar-refractivity contribution is 5.79. The molecule has 0 bridgehead atoms. The van der Waals surface area contributed by atoms with Crippen LogP contribution in [0.15, 0.2) is 36.9 Å². The van der Waals surface area contributed by atoms with Gasteiger partial charge in [-0.05, 0) is 18.6 Å². The highest BCUT2D eigenvalue weighted by atomic mass is 16.1. The minimum Gasteiger partial charge on any atom is -0.300 e. The molecule has 76 valence electrons. The van der Waals surface area contributed by atoms with Crippen molar-refractivity contribution in [1.82, 2.24) is 14.8 Å². The van der Waals surface area contributed by atoms with E-state index in [0.29, 0.717) is 6.42 Å². The number of carbonyl (C=O) groups is 1. The van der Waals surface area contributed by atoms with Crippen LogP contribution < -0.4 is 0 Å². The summed E-state index contributed by atoms with van der Waals surface area (Å²) in [6, 6.07) is 7.69. The predicted molar refractivity (Wildman–Crippen MR) is 55.7 cm³/mol. The molecule has 0 atom stereocenters. The summed E-state index contributed by atoms with van der Waals surface area (Å²) >= 11 is 0. The Kier molecular flexibility index (Phi) is 2.58. The van der Waals surface area contributed by atoms with E-state index in [9.17, 15) is 4.79 Å². The van der Waals surface area contributed by atoms with E-state index < -0.39 is 0 Å². The molecule has 15 heavy (non-hydrogen) atoms. The van der Waals surface area contributed by atoms with Crippen LogP contribution in [0.2, 0.25) is 0 Å². The molecular formula is C11H11N3O. The Morgan fingerprint density at radius 1 is 1.40 bits per heavy atom. The van der Waals surface area contributed by atoms with Gasteiger partial charge in [0, 0.05) is 6.42 Å². The number of Topliss-reactive ketones (excluding diaryl/α,β-unsaturated/α-hetero) is 1. The Bertz CT molecular complexity index is 462. The first-order valence-electron chi connectivity index (χ1n) is 4.69. The fourth-order valence-corrected chi connectivity index (χ4v) is 1.48. The molecule has 1 aromatic heterocycles. The summed E-state index contributed by atoms with van der Waals surface area (Å²) < 4.78 is 1.66. The van der Waals surface area contributed by atoms with Gasteiger partial charge in [0.2, 0.25) is 0 Å². The number of aromatic nitrogens is 3. The zero-order valence-corrected chi connectivity index (χ0v) is 8.42. The number of benzene rings is 1. The van der Waals surface area contributed by atoms with Crippen molar-refractivity contribution in [2.24, 2.45) is 0 Å². The van der Waals surface area contributed by atoms with Gasteiger partial charge >= 0.3 is 0 Å². The lowest BCUT2D eigenvalue weighted by molar-refractivity contribution is -0.116. The monoisotopic (exact) mass is 201 g/mol. The van der Waals surface area contributed by atoms with Crippen molar-refractivity contribution in [2.75, 3.05) is 0 Å². The SMILES string of the molecule is CC(=O)Cc1ccccc1-n1cncn1. The topological polar surface area (TPSA) is 47.8 Å². The highest BCUT2D eigenvalue weighted by Crippen LogP contribution is 2.13. The number of rotatable bonds is 3. The first kappa shape index (κ1) is 9.58. The lowest BCUT2D eigenvalue weighted by atomic mass is 10.1. The van der Waals surface area contributed by atoms with Gasteiger partial charge in [0.15, 0.2) is 0 Å². The molecule has 1 aromatic carbocycles. The van der Waals surface area contributed by atoms with Crippen molar-refractivity contribution in [1.29, 1.82) is 0 Å². The van der Waals surface area contributed by atoms with E-state index in [1.165, 1.54) is 6.33 Å². The van der Waals surface area contributed by atoms with E-state index in [1.807, 2.05) is 24.3 Å². The molecular weight excluding hydrogens is 190 g/mol. The van der Waals surface area contributed by atoms with E-state index in [-0.39, 0.29) is 5.78 Å². The quantitative estimate of drug-likeness (QED) is 0.754. The second-order valence-corrected chi connectivity index (χ2v) is 3.35. The Labute approximate surface area is 87.6 Å². The van der Waals surface area contributed by atoms with Crippen molar-refractivity contribution < 1.29 is 4.79 Å². The molecule has 0 N–H and O–H groups in total. The van der Waals surface area contributed by atoms with Crippen molar-refractivity contribution in [2.45, 2.75) is 13.3 Å². The number of para-hydroxylation sites is 1. The summed E-state index contributed by atoms with van der Waals surface area (Å²) in [6.07, 6.45) is 3.53. The Morgan fingerprint density at radius 3 is 2.87 bits per heavy atom. The number of carbonyl (C=O) groups excluding carboxylic acids is 1. The van der Waals surface area contributed by atoms with Crippen LogP contribution in [0, 0.1) is 0 Å². The van der Waals surface area contributed by atoms with Crippen molar-refractivity contribution >= 4 is 5.78 Å². The van der Waals surface area contributed by atoms with Crippen LogP contribution in [0.4, 0.5) is 0 Å². The van der Waals surface area contributed by atoms with Crippen molar-refractivity contribution in [3.8, 4) is 5.69 Å². The van der Waals surface area contributed by atoms with Crippen LogP contribution in [0.3, 0.4) is 0 Å². The molecule has 0 aliphatic heterocycles. The van der Waals surface area contributed by atoms with Crippen LogP contribution >= 0.6 is 0 Å². The third-order valence-corrected chi connectivity index (χ3v) is 2.10. The standard InChI is InChI=1S/C11H11N3O/c1-9(15)6-10-4-2-3-5-11(10)14-8-12-7-13-14/h2-5,7-8H,6H2,1H3. The molecule has 0 aliphatic carbocycles. The van der Waals surface area contributed by atoms with E-state index in [0.717, 1.165) is 11.3 Å². The van der Waals surface area contributed by atoms with Gasteiger partial charge in [0.25, 0.3) is 0 Å². The molecule has 2 aromatic rings. The van der Waals surface area contributed by atoms with Gasteiger partial charge in [-0.3, -0.25) is 4.79 Å². The van der Waals surface area contributed by atoms with E-state index in [1.54, 1.807) is 17.9 Å². The summed E-state index contributed by atoms with van der Waals surface area (Å²) in [7, 11) is 0. The van der Waals surface area contributed by atoms with Gasteiger partial charge in [-0.1, -0.05) is 18.2 Å². The second-order valence-electron chi connectivity index (χ2n) is 3.35. The molecule has 0 saturated heterocycles. The van der Waals surface area contributed by atoms with Gasteiger partial charge in [-0.25, -0.2) is 9.67 Å². The molecule has 4 heteroatoms. The van der Waals surface area contributed by atoms with Gasteiger partial charge in [0.1, 0.15) is 18.4 Å². The van der Waals surface area contributed by atoms with E-state index >= 15 is 0 Å². The molecule has 4 nitrogen and oxygen atoms in total. The van der Waals surface area contributed by atoms with Crippen LogP contribution in [0.25, 0.3) is 5.69 Å². The molecule has 0 amide bonds. The molecule has 0 fully saturated rings. The molecule has 1 heterocycles. The summed E-state index contributed by atoms with van der Waals surface area (Å²) in [5.41, 5.74) is 1.88. The zero-order valence-electron chi connectivity index (χ0n) is 8.42. The molecule has 0 aliphatic rings. The summed E-state index contributed by atoms with van der Waals surface area (Å²) in [4.78, 5) is 15.0. The number of hydrogen-bond donors (Lipinski definition) is 0. The van der Waals surface area contributed by atoms with Gasteiger partial charge in [-0.2, -0.15) is 5.10 Å². The number of nitrogens with zero attached hydrogens (tertiary/aromatic N) is 3. The minimum atomic E-state index is 0.141. The van der Waals surface area contributed by atoms with Crippen LogP contribution in [-0.4, -0.2) is 20.5 Å². The summed E-state index contributed by atoms with van der Waals surface area (Å²) in [5.74, 6) is 0.141. The molecule has 0 spiro atoms. The molecule has 2 rings (SSSR count). The first-order chi connectivity index (χ1) is 7.27. The van der Waals surface area contributed by atoms with E-state index in [4.69, 9.17) is 0 Å². The van der Waals surface area contributed by atoms with Crippen LogP contribution in [-0.2, 0) is 11.2 Å². The van der Waals surface area contributed by atoms with Crippen molar-refractivity contribution in [3.63, 3.8) is 0 Å². The fraction of sp³-hybridized carbons (Fsp3) is 0.182. The Balaban J connectivity index is 2.42. The minimum absolute atomic E-state index is 0.141. The van der Waals surface area contributed by atoms with Crippen LogP contribution in [0.5, 0.6) is 0 Å². The normalized spacial score (nSPS) is 10.2. The van der Waals surface area contributed by atoms with E-state index in [2.05, 4.69) is 10.1 Å². The Hall–Kier alpha value is -1.97. The summed E-state index contributed by atoms with van der Waals surface area (Å²) in [6.45, 7) is 1.58. The number of hydrogen-bond acceptors (Lipinski definition) is 3. The average molecular weight is 201 g/mol. The number of ketones is 1. The molecule has 0 unspecified atom stereocenters. The third kappa shape index (κ3) is 2.10. The van der Waals surface area contributed by atoms with Gasteiger partial charge in [-0.15, -0.1) is 0 Å². The predicted octanol–water partition coefficient (Wildman–Crippen LogP) is 1.40. The Morgan fingerprint density at radius 2 is 2.20 bits per heavy atom. The highest BCUT2D eigenvalue weighted by Gasteiger charge is 2.06. The third-order valence-electron chi connectivity index (χ3n) is 2.10. The molecule has 0 saturated carbocycles. The lowest BCUT2D eigenvalue weighted by Crippen LogP contribution is -2.04. The van der Waals surface area contributed by atoms with Crippen molar-refractivity contribution in [3.05, 3.63) is 42.5 Å². The summed E-state index contributed by atoms with van der Waals surface area (Å²) in [5, 5.41) is 4.05. The molecule has 0 radical (unpaired) electrons. The van der Waals surface area contributed by atoms with Crippen LogP contribution in [0.1, 0.15) is 12.5 Å². The lowest BCUT2D eigenvalue weighted by Gasteiger charge is -2.06. The second kappa shape index (κ2) is 4.04. The maximum absolute atomic E-state index is 11.1. The maximum Gasteiger partial charge on any atom is 0.138 e. The van der Waals surface area contributed by atoms with Gasteiger partial charge in [0.05, 0.1) is 5.69 Å². The maximum atomic E-state index is 11.1. The average Bonchev–Trinajstić information content (AvgIpc) is 2.70.